The fraction of sp³-hybridized carbons (Fsp3) is 0.933. The molecule has 2 atom stereocenters. The van der Waals surface area contributed by atoms with Crippen molar-refractivity contribution in [2.45, 2.75) is 70.3 Å². The lowest BCUT2D eigenvalue weighted by atomic mass is 9.88. The van der Waals surface area contributed by atoms with E-state index < -0.39 is 0 Å². The van der Waals surface area contributed by atoms with Gasteiger partial charge < -0.3 is 5.32 Å². The Balaban J connectivity index is 1.77. The third-order valence-corrected chi connectivity index (χ3v) is 4.58. The van der Waals surface area contributed by atoms with Crippen molar-refractivity contribution in [1.82, 2.24) is 5.32 Å². The average Bonchev–Trinajstić information content (AvgIpc) is 2.62. The number of hydrogen-bond acceptors (Lipinski definition) is 2. The van der Waals surface area contributed by atoms with Crippen molar-refractivity contribution in [3.63, 3.8) is 0 Å². The highest BCUT2D eigenvalue weighted by Gasteiger charge is 2.24. The maximum atomic E-state index is 9.23. The van der Waals surface area contributed by atoms with Crippen LogP contribution in [0.4, 0.5) is 0 Å². The molecule has 2 saturated carbocycles. The van der Waals surface area contributed by atoms with Gasteiger partial charge in [-0.15, -0.1) is 0 Å². The van der Waals surface area contributed by atoms with E-state index in [1.807, 2.05) is 0 Å². The molecule has 0 aromatic rings. The molecule has 0 saturated heterocycles. The average molecular weight is 234 g/mol. The molecule has 17 heavy (non-hydrogen) atoms. The Morgan fingerprint density at radius 2 is 1.53 bits per heavy atom. The fourth-order valence-electron chi connectivity index (χ4n) is 3.42. The smallest absolute Gasteiger partial charge is 0.0672 e. The quantitative estimate of drug-likeness (QED) is 0.757. The summed E-state index contributed by atoms with van der Waals surface area (Å²) >= 11 is 0. The molecule has 2 aliphatic carbocycles. The Morgan fingerprint density at radius 1 is 0.882 bits per heavy atom. The van der Waals surface area contributed by atoms with E-state index in [0.717, 1.165) is 18.9 Å². The van der Waals surface area contributed by atoms with Gasteiger partial charge in [0, 0.05) is 6.04 Å². The van der Waals surface area contributed by atoms with Gasteiger partial charge in [-0.25, -0.2) is 0 Å². The van der Waals surface area contributed by atoms with Crippen molar-refractivity contribution in [1.29, 1.82) is 5.26 Å². The van der Waals surface area contributed by atoms with E-state index in [4.69, 9.17) is 0 Å². The van der Waals surface area contributed by atoms with Gasteiger partial charge in [0.1, 0.15) is 0 Å². The molecule has 0 amide bonds. The summed E-state index contributed by atoms with van der Waals surface area (Å²) in [5.41, 5.74) is 0. The highest BCUT2D eigenvalue weighted by atomic mass is 14.9. The third-order valence-electron chi connectivity index (χ3n) is 4.58. The lowest BCUT2D eigenvalue weighted by Gasteiger charge is -2.26. The summed E-state index contributed by atoms with van der Waals surface area (Å²) in [5.74, 6) is 1.15. The number of hydrogen-bond donors (Lipinski definition) is 1. The third kappa shape index (κ3) is 4.00. The molecule has 0 heterocycles. The molecule has 0 aromatic carbocycles. The topological polar surface area (TPSA) is 35.8 Å². The summed E-state index contributed by atoms with van der Waals surface area (Å²) in [6.45, 7) is 1.16. The van der Waals surface area contributed by atoms with Crippen LogP contribution in [0.2, 0.25) is 0 Å². The molecule has 2 unspecified atom stereocenters. The first-order chi connectivity index (χ1) is 8.40. The van der Waals surface area contributed by atoms with Gasteiger partial charge in [0.25, 0.3) is 0 Å². The Bertz CT molecular complexity index is 250. The van der Waals surface area contributed by atoms with Gasteiger partial charge in [-0.2, -0.15) is 5.26 Å². The normalized spacial score (nSPS) is 31.7. The summed E-state index contributed by atoms with van der Waals surface area (Å²) in [5, 5.41) is 12.9. The predicted molar refractivity (Wildman–Crippen MR) is 70.6 cm³/mol. The highest BCUT2D eigenvalue weighted by molar-refractivity contribution is 4.93. The van der Waals surface area contributed by atoms with E-state index in [2.05, 4.69) is 11.4 Å². The Kier molecular flexibility index (Phi) is 5.32. The second-order valence-electron chi connectivity index (χ2n) is 5.89. The molecule has 2 aliphatic rings. The van der Waals surface area contributed by atoms with Crippen LogP contribution in [0.3, 0.4) is 0 Å². The van der Waals surface area contributed by atoms with E-state index >= 15 is 0 Å². The van der Waals surface area contributed by atoms with Gasteiger partial charge >= 0.3 is 0 Å². The van der Waals surface area contributed by atoms with Crippen LogP contribution in [0, 0.1) is 23.2 Å². The molecule has 2 heteroatoms. The second kappa shape index (κ2) is 7.01. The Morgan fingerprint density at radius 3 is 2.24 bits per heavy atom. The number of rotatable bonds is 3. The molecule has 1 N–H and O–H groups in total. The molecule has 2 nitrogen and oxygen atoms in total. The maximum absolute atomic E-state index is 9.23. The predicted octanol–water partition coefficient (Wildman–Crippen LogP) is 3.63. The van der Waals surface area contributed by atoms with Crippen molar-refractivity contribution < 1.29 is 0 Å². The molecular weight excluding hydrogens is 208 g/mol. The molecule has 0 spiro atoms. The standard InChI is InChI=1S/C15H26N2/c16-11-14-9-5-2-6-10-15(14)17-12-13-7-3-1-4-8-13/h13-15,17H,1-10,12H2. The zero-order valence-corrected chi connectivity index (χ0v) is 11.0. The van der Waals surface area contributed by atoms with Crippen LogP contribution in [-0.4, -0.2) is 12.6 Å². The lowest BCUT2D eigenvalue weighted by Crippen LogP contribution is -2.38. The number of nitriles is 1. The molecule has 0 radical (unpaired) electrons. The van der Waals surface area contributed by atoms with Gasteiger partial charge in [-0.05, 0) is 38.1 Å². The van der Waals surface area contributed by atoms with Gasteiger partial charge in [-0.3, -0.25) is 0 Å². The first-order valence-electron chi connectivity index (χ1n) is 7.53. The summed E-state index contributed by atoms with van der Waals surface area (Å²) < 4.78 is 0. The van der Waals surface area contributed by atoms with Gasteiger partial charge in [-0.1, -0.05) is 38.5 Å². The van der Waals surface area contributed by atoms with Crippen LogP contribution in [0.15, 0.2) is 0 Å². The van der Waals surface area contributed by atoms with Crippen LogP contribution < -0.4 is 5.32 Å². The summed E-state index contributed by atoms with van der Waals surface area (Å²) in [6, 6.07) is 3.00. The zero-order valence-electron chi connectivity index (χ0n) is 11.0. The van der Waals surface area contributed by atoms with Gasteiger partial charge in [0.15, 0.2) is 0 Å². The minimum absolute atomic E-state index is 0.265. The highest BCUT2D eigenvalue weighted by Crippen LogP contribution is 2.26. The summed E-state index contributed by atoms with van der Waals surface area (Å²) in [6.07, 6.45) is 13.3. The maximum Gasteiger partial charge on any atom is 0.0672 e. The molecular formula is C15H26N2. The van der Waals surface area contributed by atoms with E-state index in [1.165, 1.54) is 57.8 Å². The monoisotopic (exact) mass is 234 g/mol. The molecule has 0 bridgehead atoms. The molecule has 0 aromatic heterocycles. The van der Waals surface area contributed by atoms with Gasteiger partial charge in [0.2, 0.25) is 0 Å². The van der Waals surface area contributed by atoms with E-state index in [-0.39, 0.29) is 5.92 Å². The molecule has 96 valence electrons. The van der Waals surface area contributed by atoms with Crippen LogP contribution >= 0.6 is 0 Å². The summed E-state index contributed by atoms with van der Waals surface area (Å²) in [4.78, 5) is 0. The van der Waals surface area contributed by atoms with Crippen molar-refractivity contribution >= 4 is 0 Å². The van der Waals surface area contributed by atoms with E-state index in [0.29, 0.717) is 6.04 Å². The summed E-state index contributed by atoms with van der Waals surface area (Å²) in [7, 11) is 0. The minimum Gasteiger partial charge on any atom is -0.312 e. The molecule has 2 rings (SSSR count). The second-order valence-corrected chi connectivity index (χ2v) is 5.89. The van der Waals surface area contributed by atoms with E-state index in [1.54, 1.807) is 0 Å². The van der Waals surface area contributed by atoms with Crippen molar-refractivity contribution in [2.24, 2.45) is 11.8 Å². The number of nitrogens with one attached hydrogen (secondary N) is 1. The van der Waals surface area contributed by atoms with Crippen LogP contribution in [0.1, 0.15) is 64.2 Å². The lowest BCUT2D eigenvalue weighted by molar-refractivity contribution is 0.303. The number of nitrogens with zero attached hydrogens (tertiary/aromatic N) is 1. The first-order valence-corrected chi connectivity index (χ1v) is 7.53. The molecule has 0 aliphatic heterocycles. The zero-order chi connectivity index (χ0) is 11.9. The Labute approximate surface area is 106 Å². The fourth-order valence-corrected chi connectivity index (χ4v) is 3.42. The van der Waals surface area contributed by atoms with Crippen LogP contribution in [-0.2, 0) is 0 Å². The molecule has 2 fully saturated rings. The van der Waals surface area contributed by atoms with Crippen molar-refractivity contribution in [2.75, 3.05) is 6.54 Å². The van der Waals surface area contributed by atoms with Crippen molar-refractivity contribution in [3.8, 4) is 6.07 Å². The van der Waals surface area contributed by atoms with Crippen LogP contribution in [0.25, 0.3) is 0 Å². The Hall–Kier alpha value is -0.550. The van der Waals surface area contributed by atoms with Crippen LogP contribution in [0.5, 0.6) is 0 Å². The largest absolute Gasteiger partial charge is 0.312 e. The van der Waals surface area contributed by atoms with Crippen molar-refractivity contribution in [3.05, 3.63) is 0 Å². The van der Waals surface area contributed by atoms with Gasteiger partial charge in [0.05, 0.1) is 12.0 Å². The first kappa shape index (κ1) is 12.9. The van der Waals surface area contributed by atoms with E-state index in [9.17, 15) is 5.26 Å². The SMILES string of the molecule is N#CC1CCCCCC1NCC1CCCCC1. The minimum atomic E-state index is 0.265.